The fourth-order valence-corrected chi connectivity index (χ4v) is 2.86. The summed E-state index contributed by atoms with van der Waals surface area (Å²) in [7, 11) is 0. The van der Waals surface area contributed by atoms with Crippen molar-refractivity contribution in [2.45, 2.75) is 12.5 Å². The Kier molecular flexibility index (Phi) is 4.46. The van der Waals surface area contributed by atoms with E-state index in [0.29, 0.717) is 13.1 Å². The highest BCUT2D eigenvalue weighted by atomic mass is 16.5. The predicted molar refractivity (Wildman–Crippen MR) is 95.2 cm³/mol. The second kappa shape index (κ2) is 7.22. The summed E-state index contributed by atoms with van der Waals surface area (Å²) in [6.07, 6.45) is 7.55. The van der Waals surface area contributed by atoms with E-state index in [2.05, 4.69) is 20.6 Å². The van der Waals surface area contributed by atoms with Crippen molar-refractivity contribution >= 4 is 11.7 Å². The highest BCUT2D eigenvalue weighted by Gasteiger charge is 2.27. The summed E-state index contributed by atoms with van der Waals surface area (Å²) in [5, 5.41) is 10.6. The Labute approximate surface area is 150 Å². The minimum atomic E-state index is -0.129. The molecule has 3 aromatic rings. The molecule has 8 heteroatoms. The molecule has 1 N–H and O–H groups in total. The van der Waals surface area contributed by atoms with E-state index in [4.69, 9.17) is 4.74 Å². The van der Waals surface area contributed by atoms with Crippen molar-refractivity contribution in [1.82, 2.24) is 24.9 Å². The Bertz CT molecular complexity index is 851. The fraction of sp³-hybridized carbons (Fsp3) is 0.222. The van der Waals surface area contributed by atoms with E-state index in [1.807, 2.05) is 36.4 Å². The van der Waals surface area contributed by atoms with Gasteiger partial charge in [0.05, 0.1) is 30.8 Å². The molecule has 1 aliphatic heterocycles. The molecular weight excluding hydrogens is 332 g/mol. The number of hydrogen-bond acceptors (Lipinski definition) is 5. The molecule has 0 spiro atoms. The summed E-state index contributed by atoms with van der Waals surface area (Å²) in [4.78, 5) is 18.2. The molecule has 1 atom stereocenters. The van der Waals surface area contributed by atoms with Gasteiger partial charge < -0.3 is 15.0 Å². The average Bonchev–Trinajstić information content (AvgIpc) is 3.35. The predicted octanol–water partition coefficient (Wildman–Crippen LogP) is 2.35. The number of benzene rings is 1. The molecule has 0 bridgehead atoms. The third-order valence-corrected chi connectivity index (χ3v) is 4.18. The van der Waals surface area contributed by atoms with Crippen molar-refractivity contribution in [3.63, 3.8) is 0 Å². The first-order chi connectivity index (χ1) is 12.8. The lowest BCUT2D eigenvalue weighted by Gasteiger charge is -2.18. The SMILES string of the molecule is O=C(Nc1ccc(-n2ccnn2)cc1)N1CCC(Oc2cccnc2)C1. The Hall–Kier alpha value is -3.42. The first-order valence-electron chi connectivity index (χ1n) is 8.37. The van der Waals surface area contributed by atoms with Crippen LogP contribution in [0, 0.1) is 0 Å². The quantitative estimate of drug-likeness (QED) is 0.781. The molecule has 0 radical (unpaired) electrons. The number of urea groups is 1. The highest BCUT2D eigenvalue weighted by Crippen LogP contribution is 2.19. The van der Waals surface area contributed by atoms with E-state index in [1.54, 1.807) is 34.4 Å². The van der Waals surface area contributed by atoms with E-state index in [9.17, 15) is 4.79 Å². The molecule has 1 aromatic carbocycles. The van der Waals surface area contributed by atoms with Crippen LogP contribution in [-0.4, -0.2) is 50.1 Å². The van der Waals surface area contributed by atoms with Gasteiger partial charge >= 0.3 is 6.03 Å². The largest absolute Gasteiger partial charge is 0.487 e. The molecule has 2 amide bonds. The van der Waals surface area contributed by atoms with Gasteiger partial charge in [-0.1, -0.05) is 5.21 Å². The van der Waals surface area contributed by atoms with E-state index < -0.39 is 0 Å². The van der Waals surface area contributed by atoms with Gasteiger partial charge in [0, 0.05) is 24.8 Å². The van der Waals surface area contributed by atoms with Crippen molar-refractivity contribution in [2.75, 3.05) is 18.4 Å². The molecule has 132 valence electrons. The summed E-state index contributed by atoms with van der Waals surface area (Å²) in [6, 6.07) is 11.0. The van der Waals surface area contributed by atoms with Crippen LogP contribution in [-0.2, 0) is 0 Å². The third kappa shape index (κ3) is 3.64. The Morgan fingerprint density at radius 2 is 2.08 bits per heavy atom. The maximum absolute atomic E-state index is 12.4. The number of anilines is 1. The molecule has 0 saturated carbocycles. The zero-order valence-corrected chi connectivity index (χ0v) is 14.0. The van der Waals surface area contributed by atoms with Crippen LogP contribution in [0.2, 0.25) is 0 Å². The number of pyridine rings is 1. The van der Waals surface area contributed by atoms with E-state index in [-0.39, 0.29) is 12.1 Å². The fourth-order valence-electron chi connectivity index (χ4n) is 2.86. The molecule has 1 aliphatic rings. The van der Waals surface area contributed by atoms with Gasteiger partial charge in [0.2, 0.25) is 0 Å². The standard InChI is InChI=1S/C18H18N6O2/c25-18(21-14-3-5-15(6-4-14)24-11-9-20-22-24)23-10-7-17(13-23)26-16-2-1-8-19-12-16/h1-6,8-9,11-12,17H,7,10,13H2,(H,21,25). The van der Waals surface area contributed by atoms with E-state index in [1.165, 1.54) is 0 Å². The van der Waals surface area contributed by atoms with Gasteiger partial charge in [0.15, 0.2) is 0 Å². The molecular formula is C18H18N6O2. The van der Waals surface area contributed by atoms with Gasteiger partial charge in [-0.05, 0) is 36.4 Å². The number of likely N-dealkylation sites (tertiary alicyclic amines) is 1. The summed E-state index contributed by atoms with van der Waals surface area (Å²) in [5.41, 5.74) is 1.61. The Morgan fingerprint density at radius 3 is 2.81 bits per heavy atom. The lowest BCUT2D eigenvalue weighted by atomic mass is 10.3. The van der Waals surface area contributed by atoms with Crippen LogP contribution >= 0.6 is 0 Å². The molecule has 1 saturated heterocycles. The lowest BCUT2D eigenvalue weighted by Crippen LogP contribution is -2.34. The van der Waals surface area contributed by atoms with Crippen LogP contribution in [0.25, 0.3) is 5.69 Å². The maximum atomic E-state index is 12.4. The molecule has 3 heterocycles. The maximum Gasteiger partial charge on any atom is 0.321 e. The summed E-state index contributed by atoms with van der Waals surface area (Å²) in [6.45, 7) is 1.21. The van der Waals surface area contributed by atoms with Crippen LogP contribution in [0.4, 0.5) is 10.5 Å². The van der Waals surface area contributed by atoms with Gasteiger partial charge in [0.1, 0.15) is 11.9 Å². The number of nitrogens with one attached hydrogen (secondary N) is 1. The van der Waals surface area contributed by atoms with Crippen LogP contribution in [0.5, 0.6) is 5.75 Å². The Morgan fingerprint density at radius 1 is 1.19 bits per heavy atom. The van der Waals surface area contributed by atoms with Crippen molar-refractivity contribution in [3.05, 3.63) is 61.2 Å². The van der Waals surface area contributed by atoms with E-state index in [0.717, 1.165) is 23.5 Å². The molecule has 1 unspecified atom stereocenters. The molecule has 4 rings (SSSR count). The number of nitrogens with zero attached hydrogens (tertiary/aromatic N) is 5. The van der Waals surface area contributed by atoms with Gasteiger partial charge in [-0.15, -0.1) is 5.10 Å². The van der Waals surface area contributed by atoms with Crippen LogP contribution in [0.1, 0.15) is 6.42 Å². The van der Waals surface area contributed by atoms with Crippen molar-refractivity contribution in [3.8, 4) is 11.4 Å². The van der Waals surface area contributed by atoms with Gasteiger partial charge in [0.25, 0.3) is 0 Å². The highest BCUT2D eigenvalue weighted by molar-refractivity contribution is 5.89. The molecule has 2 aromatic heterocycles. The summed E-state index contributed by atoms with van der Waals surface area (Å²) in [5.74, 6) is 0.725. The first-order valence-corrected chi connectivity index (χ1v) is 8.37. The molecule has 1 fully saturated rings. The summed E-state index contributed by atoms with van der Waals surface area (Å²) >= 11 is 0. The smallest absolute Gasteiger partial charge is 0.321 e. The number of ether oxygens (including phenoxy) is 1. The van der Waals surface area contributed by atoms with Crippen molar-refractivity contribution in [1.29, 1.82) is 0 Å². The normalized spacial score (nSPS) is 16.5. The van der Waals surface area contributed by atoms with Crippen LogP contribution in [0.3, 0.4) is 0 Å². The number of amides is 2. The second-order valence-electron chi connectivity index (χ2n) is 5.99. The number of carbonyl (C=O) groups excluding carboxylic acids is 1. The first kappa shape index (κ1) is 16.1. The van der Waals surface area contributed by atoms with Crippen LogP contribution in [0.15, 0.2) is 61.2 Å². The second-order valence-corrected chi connectivity index (χ2v) is 5.99. The van der Waals surface area contributed by atoms with Crippen LogP contribution < -0.4 is 10.1 Å². The van der Waals surface area contributed by atoms with E-state index >= 15 is 0 Å². The minimum absolute atomic E-state index is 0.0142. The number of hydrogen-bond donors (Lipinski definition) is 1. The number of carbonyl (C=O) groups is 1. The monoisotopic (exact) mass is 350 g/mol. The molecule has 26 heavy (non-hydrogen) atoms. The van der Waals surface area contributed by atoms with Gasteiger partial charge in [-0.3, -0.25) is 4.98 Å². The van der Waals surface area contributed by atoms with Crippen molar-refractivity contribution in [2.24, 2.45) is 0 Å². The van der Waals surface area contributed by atoms with Gasteiger partial charge in [-0.2, -0.15) is 0 Å². The van der Waals surface area contributed by atoms with Gasteiger partial charge in [-0.25, -0.2) is 9.48 Å². The zero-order valence-electron chi connectivity index (χ0n) is 14.0. The summed E-state index contributed by atoms with van der Waals surface area (Å²) < 4.78 is 7.52. The molecule has 8 nitrogen and oxygen atoms in total. The molecule has 0 aliphatic carbocycles. The minimum Gasteiger partial charge on any atom is -0.487 e. The number of aromatic nitrogens is 4. The Balaban J connectivity index is 1.32. The average molecular weight is 350 g/mol. The van der Waals surface area contributed by atoms with Crippen molar-refractivity contribution < 1.29 is 9.53 Å². The topological polar surface area (TPSA) is 85.2 Å². The number of rotatable bonds is 4. The third-order valence-electron chi connectivity index (χ3n) is 4.18. The lowest BCUT2D eigenvalue weighted by molar-refractivity contribution is 0.194. The zero-order chi connectivity index (χ0) is 17.8.